The van der Waals surface area contributed by atoms with Gasteiger partial charge in [-0.05, 0) is 49.4 Å². The number of β-amino-alcohol motifs (C(OH)–C–C–N with tert-alkyl or cyclic N) is 1. The van der Waals surface area contributed by atoms with Crippen LogP contribution in [0.5, 0.6) is 0 Å². The zero-order chi connectivity index (χ0) is 27.3. The number of fused-ring (bicyclic) bond motifs is 1. The highest BCUT2D eigenvalue weighted by molar-refractivity contribution is 7.18. The summed E-state index contributed by atoms with van der Waals surface area (Å²) in [5, 5.41) is 23.7. The van der Waals surface area contributed by atoms with Crippen molar-refractivity contribution < 1.29 is 10.2 Å². The highest BCUT2D eigenvalue weighted by Crippen LogP contribution is 2.27. The number of aliphatic hydroxyl groups excluding tert-OH is 2. The molecule has 3 aromatic heterocycles. The van der Waals surface area contributed by atoms with E-state index >= 15 is 0 Å². The monoisotopic (exact) mass is 559 g/mol. The van der Waals surface area contributed by atoms with E-state index in [1.165, 1.54) is 5.56 Å². The first kappa shape index (κ1) is 27.0. The van der Waals surface area contributed by atoms with Crippen molar-refractivity contribution in [2.45, 2.75) is 50.7 Å². The zero-order valence-corrected chi connectivity index (χ0v) is 23.6. The van der Waals surface area contributed by atoms with Crippen molar-refractivity contribution in [1.29, 1.82) is 0 Å². The Bertz CT molecular complexity index is 1400. The van der Waals surface area contributed by atoms with Gasteiger partial charge in [-0.15, -0.1) is 0 Å². The molecule has 1 aromatic carbocycles. The van der Waals surface area contributed by atoms with E-state index in [1.807, 2.05) is 6.07 Å². The highest BCUT2D eigenvalue weighted by Gasteiger charge is 2.21. The molecule has 1 saturated heterocycles. The number of hydrogen-bond donors (Lipinski definition) is 3. The second-order valence-corrected chi connectivity index (χ2v) is 11.9. The lowest BCUT2D eigenvalue weighted by atomic mass is 9.93. The van der Waals surface area contributed by atoms with Gasteiger partial charge in [-0.2, -0.15) is 0 Å². The molecule has 4 heterocycles. The standard InChI is InChI=1S/C30H37N7O2S/c38-17-16-36-12-14-37(15-13-36)27-11-10-26-29(35-27)40-28(34-26)20-24-19-23(18-21-4-2-1-3-5-21)32-30(33-24)31-22-6-8-25(39)9-7-22/h1-5,10-11,19,22,25,38-39H,6-9,12-18,20H2,(H,31,32,33). The van der Waals surface area contributed by atoms with Crippen LogP contribution in [0.3, 0.4) is 0 Å². The number of thiazole rings is 1. The molecule has 0 atom stereocenters. The van der Waals surface area contributed by atoms with Crippen molar-refractivity contribution >= 4 is 33.5 Å². The minimum atomic E-state index is -0.192. The normalized spacial score (nSPS) is 20.2. The first-order chi connectivity index (χ1) is 19.6. The Kier molecular flexibility index (Phi) is 8.48. The van der Waals surface area contributed by atoms with Crippen LogP contribution in [0.25, 0.3) is 10.3 Å². The molecule has 0 bridgehead atoms. The topological polar surface area (TPSA) is 111 Å². The molecule has 2 fully saturated rings. The molecule has 1 aliphatic heterocycles. The van der Waals surface area contributed by atoms with Crippen molar-refractivity contribution in [3.63, 3.8) is 0 Å². The quantitative estimate of drug-likeness (QED) is 0.284. The van der Waals surface area contributed by atoms with E-state index in [0.717, 1.165) is 97.4 Å². The molecule has 0 amide bonds. The largest absolute Gasteiger partial charge is 0.395 e. The number of piperazine rings is 1. The Hall–Kier alpha value is -3.18. The van der Waals surface area contributed by atoms with Gasteiger partial charge in [0.05, 0.1) is 24.1 Å². The molecular formula is C30H37N7O2S. The van der Waals surface area contributed by atoms with Crippen LogP contribution in [0.15, 0.2) is 48.5 Å². The molecule has 6 rings (SSSR count). The number of benzene rings is 1. The van der Waals surface area contributed by atoms with Crippen LogP contribution < -0.4 is 10.2 Å². The zero-order valence-electron chi connectivity index (χ0n) is 22.7. The smallest absolute Gasteiger partial charge is 0.223 e. The van der Waals surface area contributed by atoms with Gasteiger partial charge in [-0.3, -0.25) is 4.90 Å². The number of aromatic nitrogens is 4. The summed E-state index contributed by atoms with van der Waals surface area (Å²) in [6.45, 7) is 4.62. The summed E-state index contributed by atoms with van der Waals surface area (Å²) in [6, 6.07) is 16.9. The van der Waals surface area contributed by atoms with Gasteiger partial charge in [0.15, 0.2) is 0 Å². The van der Waals surface area contributed by atoms with Crippen molar-refractivity contribution in [2.24, 2.45) is 0 Å². The predicted octanol–water partition coefficient (Wildman–Crippen LogP) is 3.49. The maximum Gasteiger partial charge on any atom is 0.223 e. The molecule has 0 spiro atoms. The maximum atomic E-state index is 9.91. The van der Waals surface area contributed by atoms with Crippen molar-refractivity contribution in [2.75, 3.05) is 49.5 Å². The van der Waals surface area contributed by atoms with Gasteiger partial charge >= 0.3 is 0 Å². The van der Waals surface area contributed by atoms with Crippen LogP contribution >= 0.6 is 11.3 Å². The van der Waals surface area contributed by atoms with Crippen LogP contribution in [0, 0.1) is 0 Å². The van der Waals surface area contributed by atoms with E-state index < -0.39 is 0 Å². The third kappa shape index (κ3) is 6.75. The lowest BCUT2D eigenvalue weighted by Gasteiger charge is -2.35. The molecule has 2 aliphatic rings. The number of nitrogens with one attached hydrogen (secondary N) is 1. The lowest BCUT2D eigenvalue weighted by molar-refractivity contribution is 0.126. The van der Waals surface area contributed by atoms with Gasteiger partial charge < -0.3 is 20.4 Å². The van der Waals surface area contributed by atoms with Gasteiger partial charge in [0, 0.05) is 51.6 Å². The molecule has 4 aromatic rings. The fraction of sp³-hybridized carbons (Fsp3) is 0.467. The number of rotatable bonds is 9. The molecule has 9 nitrogen and oxygen atoms in total. The van der Waals surface area contributed by atoms with Gasteiger partial charge in [0.25, 0.3) is 0 Å². The van der Waals surface area contributed by atoms with Gasteiger partial charge in [0.1, 0.15) is 21.2 Å². The van der Waals surface area contributed by atoms with E-state index in [4.69, 9.17) is 19.9 Å². The summed E-state index contributed by atoms with van der Waals surface area (Å²) in [6.07, 6.45) is 4.64. The summed E-state index contributed by atoms with van der Waals surface area (Å²) in [5.41, 5.74) is 4.06. The predicted molar refractivity (Wildman–Crippen MR) is 159 cm³/mol. The molecule has 210 valence electrons. The summed E-state index contributed by atoms with van der Waals surface area (Å²) < 4.78 is 0. The third-order valence-electron chi connectivity index (χ3n) is 7.82. The second-order valence-electron chi connectivity index (χ2n) is 10.8. The molecule has 1 aliphatic carbocycles. The number of nitrogens with zero attached hydrogens (tertiary/aromatic N) is 6. The van der Waals surface area contributed by atoms with Gasteiger partial charge in [-0.25, -0.2) is 19.9 Å². The minimum absolute atomic E-state index is 0.192. The fourth-order valence-electron chi connectivity index (χ4n) is 5.61. The maximum absolute atomic E-state index is 9.91. The average Bonchev–Trinajstić information content (AvgIpc) is 3.37. The number of hydrogen-bond acceptors (Lipinski definition) is 10. The summed E-state index contributed by atoms with van der Waals surface area (Å²) >= 11 is 1.63. The Balaban J connectivity index is 1.20. The molecule has 3 N–H and O–H groups in total. The fourth-order valence-corrected chi connectivity index (χ4v) is 6.55. The first-order valence-corrected chi connectivity index (χ1v) is 15.1. The summed E-state index contributed by atoms with van der Waals surface area (Å²) in [5.74, 6) is 1.65. The van der Waals surface area contributed by atoms with E-state index in [1.54, 1.807) is 11.3 Å². The number of aliphatic hydroxyl groups is 2. The Labute approximate surface area is 239 Å². The second kappa shape index (κ2) is 12.6. The van der Waals surface area contributed by atoms with E-state index in [9.17, 15) is 10.2 Å². The minimum Gasteiger partial charge on any atom is -0.395 e. The van der Waals surface area contributed by atoms with Crippen molar-refractivity contribution in [1.82, 2.24) is 24.8 Å². The summed E-state index contributed by atoms with van der Waals surface area (Å²) in [4.78, 5) is 25.2. The molecule has 40 heavy (non-hydrogen) atoms. The Morgan fingerprint density at radius 3 is 2.35 bits per heavy atom. The number of anilines is 2. The molecule has 0 unspecified atom stereocenters. The van der Waals surface area contributed by atoms with E-state index in [-0.39, 0.29) is 18.8 Å². The van der Waals surface area contributed by atoms with Crippen LogP contribution in [-0.4, -0.2) is 86.5 Å². The van der Waals surface area contributed by atoms with E-state index in [2.05, 4.69) is 57.6 Å². The third-order valence-corrected chi connectivity index (χ3v) is 8.79. The molecule has 0 radical (unpaired) electrons. The van der Waals surface area contributed by atoms with Crippen LogP contribution in [0.1, 0.15) is 47.6 Å². The molecule has 1 saturated carbocycles. The van der Waals surface area contributed by atoms with E-state index in [0.29, 0.717) is 12.4 Å². The van der Waals surface area contributed by atoms with Crippen molar-refractivity contribution in [3.05, 3.63) is 70.5 Å². The summed E-state index contributed by atoms with van der Waals surface area (Å²) in [7, 11) is 0. The average molecular weight is 560 g/mol. The van der Waals surface area contributed by atoms with Crippen LogP contribution in [0.2, 0.25) is 0 Å². The lowest BCUT2D eigenvalue weighted by Crippen LogP contribution is -2.47. The van der Waals surface area contributed by atoms with Crippen molar-refractivity contribution in [3.8, 4) is 0 Å². The van der Waals surface area contributed by atoms with Crippen LogP contribution in [-0.2, 0) is 12.8 Å². The van der Waals surface area contributed by atoms with Gasteiger partial charge in [-0.1, -0.05) is 41.7 Å². The Morgan fingerprint density at radius 2 is 1.60 bits per heavy atom. The SMILES string of the molecule is OCCN1CCN(c2ccc3nc(Cc4cc(Cc5ccccc5)nc(NC5CCC(O)CC5)n4)sc3n2)CC1. The first-order valence-electron chi connectivity index (χ1n) is 14.3. The van der Waals surface area contributed by atoms with Gasteiger partial charge in [0.2, 0.25) is 5.95 Å². The Morgan fingerprint density at radius 1 is 0.850 bits per heavy atom. The number of pyridine rings is 1. The van der Waals surface area contributed by atoms with Crippen LogP contribution in [0.4, 0.5) is 11.8 Å². The molecule has 10 heteroatoms. The molecular weight excluding hydrogens is 522 g/mol. The highest BCUT2D eigenvalue weighted by atomic mass is 32.1.